The molecule has 0 aliphatic heterocycles. The minimum atomic E-state index is 0.262. The number of aromatic nitrogens is 2. The van der Waals surface area contributed by atoms with E-state index in [0.29, 0.717) is 28.1 Å². The molecule has 0 aliphatic rings. The smallest absolute Gasteiger partial charge is 0.190 e. The maximum absolute atomic E-state index is 9.29. The summed E-state index contributed by atoms with van der Waals surface area (Å²) in [6.07, 6.45) is 0.586. The zero-order valence-corrected chi connectivity index (χ0v) is 13.2. The van der Waals surface area contributed by atoms with E-state index < -0.39 is 0 Å². The SMILES string of the molecule is Cc1cccc(Cc2nc(SC(C)C)nc(N)c2C#N)c1. The summed E-state index contributed by atoms with van der Waals surface area (Å²) in [5.41, 5.74) is 9.28. The van der Waals surface area contributed by atoms with Crippen LogP contribution in [0.3, 0.4) is 0 Å². The van der Waals surface area contributed by atoms with Crippen molar-refractivity contribution in [1.29, 1.82) is 5.26 Å². The summed E-state index contributed by atoms with van der Waals surface area (Å²) >= 11 is 1.55. The van der Waals surface area contributed by atoms with Crippen molar-refractivity contribution in [3.05, 3.63) is 46.6 Å². The highest BCUT2D eigenvalue weighted by Gasteiger charge is 2.14. The van der Waals surface area contributed by atoms with Crippen LogP contribution < -0.4 is 5.73 Å². The first-order valence-electron chi connectivity index (χ1n) is 6.78. The average molecular weight is 298 g/mol. The summed E-state index contributed by atoms with van der Waals surface area (Å²) in [4.78, 5) is 8.73. The third-order valence-electron chi connectivity index (χ3n) is 2.90. The standard InChI is InChI=1S/C16H18N4S/c1-10(2)21-16-19-14(13(9-17)15(18)20-16)8-12-6-4-5-11(3)7-12/h4-7,10H,8H2,1-3H3,(H2,18,19,20). The Morgan fingerprint density at radius 2 is 2.10 bits per heavy atom. The van der Waals surface area contributed by atoms with Gasteiger partial charge in [0.1, 0.15) is 17.5 Å². The Labute approximate surface area is 129 Å². The van der Waals surface area contributed by atoms with Gasteiger partial charge in [0.05, 0.1) is 5.69 Å². The molecule has 0 amide bonds. The highest BCUT2D eigenvalue weighted by atomic mass is 32.2. The summed E-state index contributed by atoms with van der Waals surface area (Å²) < 4.78 is 0. The van der Waals surface area contributed by atoms with Gasteiger partial charge in [-0.25, -0.2) is 9.97 Å². The maximum Gasteiger partial charge on any atom is 0.190 e. The van der Waals surface area contributed by atoms with E-state index in [0.717, 1.165) is 5.56 Å². The Balaban J connectivity index is 2.41. The van der Waals surface area contributed by atoms with Crippen LogP contribution in [0.15, 0.2) is 29.4 Å². The van der Waals surface area contributed by atoms with Gasteiger partial charge in [0.15, 0.2) is 5.16 Å². The number of nitrogens with two attached hydrogens (primary N) is 1. The van der Waals surface area contributed by atoms with Crippen molar-refractivity contribution in [3.63, 3.8) is 0 Å². The summed E-state index contributed by atoms with van der Waals surface area (Å²) in [6, 6.07) is 10.3. The second kappa shape index (κ2) is 6.59. The number of hydrogen-bond acceptors (Lipinski definition) is 5. The largest absolute Gasteiger partial charge is 0.382 e. The first kappa shape index (κ1) is 15.3. The predicted octanol–water partition coefficient (Wildman–Crippen LogP) is 3.33. The number of nitrogen functional groups attached to an aromatic ring is 1. The quantitative estimate of drug-likeness (QED) is 0.692. The van der Waals surface area contributed by atoms with E-state index in [4.69, 9.17) is 5.73 Å². The topological polar surface area (TPSA) is 75.6 Å². The lowest BCUT2D eigenvalue weighted by atomic mass is 10.0. The Morgan fingerprint density at radius 3 is 2.71 bits per heavy atom. The molecule has 4 nitrogen and oxygen atoms in total. The first-order valence-corrected chi connectivity index (χ1v) is 7.66. The summed E-state index contributed by atoms with van der Waals surface area (Å²) in [7, 11) is 0. The molecule has 21 heavy (non-hydrogen) atoms. The predicted molar refractivity (Wildman–Crippen MR) is 86.1 cm³/mol. The van der Waals surface area contributed by atoms with Gasteiger partial charge < -0.3 is 5.73 Å². The number of nitrogens with zero attached hydrogens (tertiary/aromatic N) is 3. The summed E-state index contributed by atoms with van der Waals surface area (Å²) in [5.74, 6) is 0.262. The van der Waals surface area contributed by atoms with Crippen molar-refractivity contribution >= 4 is 17.6 Å². The van der Waals surface area contributed by atoms with E-state index in [1.165, 1.54) is 5.56 Å². The lowest BCUT2D eigenvalue weighted by molar-refractivity contribution is 0.895. The molecular formula is C16H18N4S. The van der Waals surface area contributed by atoms with Crippen molar-refractivity contribution in [2.24, 2.45) is 0 Å². The van der Waals surface area contributed by atoms with Crippen LogP contribution in [0.4, 0.5) is 5.82 Å². The van der Waals surface area contributed by atoms with Gasteiger partial charge in [-0.15, -0.1) is 0 Å². The molecule has 1 heterocycles. The molecule has 0 saturated heterocycles. The third-order valence-corrected chi connectivity index (χ3v) is 3.76. The van der Waals surface area contributed by atoms with Crippen molar-refractivity contribution in [2.45, 2.75) is 37.6 Å². The van der Waals surface area contributed by atoms with Crippen LogP contribution >= 0.6 is 11.8 Å². The van der Waals surface area contributed by atoms with Crippen LogP contribution in [0.25, 0.3) is 0 Å². The van der Waals surface area contributed by atoms with Crippen molar-refractivity contribution in [2.75, 3.05) is 5.73 Å². The van der Waals surface area contributed by atoms with E-state index in [1.54, 1.807) is 11.8 Å². The number of thioether (sulfide) groups is 1. The Morgan fingerprint density at radius 1 is 1.33 bits per heavy atom. The third kappa shape index (κ3) is 3.96. The van der Waals surface area contributed by atoms with Crippen molar-refractivity contribution < 1.29 is 0 Å². The van der Waals surface area contributed by atoms with Crippen molar-refractivity contribution in [3.8, 4) is 6.07 Å². The van der Waals surface area contributed by atoms with E-state index in [2.05, 4.69) is 36.0 Å². The van der Waals surface area contributed by atoms with Gasteiger partial charge >= 0.3 is 0 Å². The molecule has 0 aliphatic carbocycles. The lowest BCUT2D eigenvalue weighted by Gasteiger charge is -2.10. The van der Waals surface area contributed by atoms with Crippen LogP contribution in [0.5, 0.6) is 0 Å². The molecule has 108 valence electrons. The molecule has 1 aromatic heterocycles. The molecule has 5 heteroatoms. The van der Waals surface area contributed by atoms with Crippen LogP contribution in [0.1, 0.15) is 36.2 Å². The number of aryl methyl sites for hydroxylation is 1. The van der Waals surface area contributed by atoms with E-state index in [9.17, 15) is 5.26 Å². The fraction of sp³-hybridized carbons (Fsp3) is 0.312. The zero-order valence-electron chi connectivity index (χ0n) is 12.4. The molecule has 2 N–H and O–H groups in total. The number of hydrogen-bond donors (Lipinski definition) is 1. The van der Waals surface area contributed by atoms with Gasteiger partial charge in [0.2, 0.25) is 0 Å². The normalized spacial score (nSPS) is 10.6. The fourth-order valence-electron chi connectivity index (χ4n) is 2.03. The van der Waals surface area contributed by atoms with E-state index in [1.807, 2.05) is 25.1 Å². The molecule has 2 aromatic rings. The number of anilines is 1. The van der Waals surface area contributed by atoms with Gasteiger partial charge in [0, 0.05) is 11.7 Å². The Hall–Kier alpha value is -2.06. The number of nitriles is 1. The Kier molecular flexibility index (Phi) is 4.81. The van der Waals surface area contributed by atoms with Gasteiger partial charge in [-0.2, -0.15) is 5.26 Å². The molecule has 0 fully saturated rings. The van der Waals surface area contributed by atoms with Gasteiger partial charge in [-0.1, -0.05) is 55.4 Å². The lowest BCUT2D eigenvalue weighted by Crippen LogP contribution is -2.07. The van der Waals surface area contributed by atoms with E-state index in [-0.39, 0.29) is 5.82 Å². The van der Waals surface area contributed by atoms with Gasteiger partial charge in [-0.05, 0) is 12.5 Å². The molecule has 0 unspecified atom stereocenters. The monoisotopic (exact) mass is 298 g/mol. The van der Waals surface area contributed by atoms with Crippen LogP contribution in [-0.4, -0.2) is 15.2 Å². The highest BCUT2D eigenvalue weighted by molar-refractivity contribution is 7.99. The molecule has 2 rings (SSSR count). The average Bonchev–Trinajstić information content (AvgIpc) is 2.37. The Bertz CT molecular complexity index is 689. The zero-order chi connectivity index (χ0) is 15.4. The molecule has 0 atom stereocenters. The molecule has 0 saturated carbocycles. The van der Waals surface area contributed by atoms with Crippen LogP contribution in [0, 0.1) is 18.3 Å². The van der Waals surface area contributed by atoms with Gasteiger partial charge in [-0.3, -0.25) is 0 Å². The summed E-state index contributed by atoms with van der Waals surface area (Å²) in [6.45, 7) is 6.19. The minimum Gasteiger partial charge on any atom is -0.382 e. The minimum absolute atomic E-state index is 0.262. The second-order valence-electron chi connectivity index (χ2n) is 5.16. The molecule has 0 spiro atoms. The molecular weight excluding hydrogens is 280 g/mol. The molecule has 0 radical (unpaired) electrons. The van der Waals surface area contributed by atoms with Gasteiger partial charge in [0.25, 0.3) is 0 Å². The first-order chi connectivity index (χ1) is 9.99. The van der Waals surface area contributed by atoms with Crippen molar-refractivity contribution in [1.82, 2.24) is 9.97 Å². The number of benzene rings is 1. The maximum atomic E-state index is 9.29. The van der Waals surface area contributed by atoms with Crippen LogP contribution in [-0.2, 0) is 6.42 Å². The summed E-state index contributed by atoms with van der Waals surface area (Å²) in [5, 5.41) is 10.3. The highest BCUT2D eigenvalue weighted by Crippen LogP contribution is 2.24. The number of rotatable bonds is 4. The molecule has 0 bridgehead atoms. The van der Waals surface area contributed by atoms with Crippen LogP contribution in [0.2, 0.25) is 0 Å². The second-order valence-corrected chi connectivity index (χ2v) is 6.70. The van der Waals surface area contributed by atoms with E-state index >= 15 is 0 Å². The molecule has 1 aromatic carbocycles. The fourth-order valence-corrected chi connectivity index (χ4v) is 2.77.